The number of aromatic nitrogens is 4. The van der Waals surface area contributed by atoms with Crippen molar-refractivity contribution in [2.24, 2.45) is 0 Å². The highest BCUT2D eigenvalue weighted by Crippen LogP contribution is 2.32. The predicted molar refractivity (Wildman–Crippen MR) is 65.1 cm³/mol. The number of hydrogen-bond donors (Lipinski definition) is 1. The van der Waals surface area contributed by atoms with Crippen molar-refractivity contribution in [1.29, 1.82) is 0 Å². The van der Waals surface area contributed by atoms with Crippen LogP contribution in [-0.2, 0) is 6.42 Å². The number of rotatable bonds is 2. The summed E-state index contributed by atoms with van der Waals surface area (Å²) in [6.07, 6.45) is 0.722. The van der Waals surface area contributed by atoms with E-state index in [9.17, 15) is 9.50 Å². The summed E-state index contributed by atoms with van der Waals surface area (Å²) in [5, 5.41) is 22.6. The highest BCUT2D eigenvalue weighted by Gasteiger charge is 2.14. The minimum Gasteiger partial charge on any atom is -0.507 e. The molecule has 0 saturated heterocycles. The molecule has 0 fully saturated rings. The first kappa shape index (κ1) is 11.1. The molecule has 1 aromatic carbocycles. The number of aromatic hydroxyl groups is 1. The second-order valence-electron chi connectivity index (χ2n) is 3.73. The number of halogens is 1. The van der Waals surface area contributed by atoms with E-state index in [0.717, 1.165) is 18.3 Å². The third kappa shape index (κ3) is 1.63. The summed E-state index contributed by atoms with van der Waals surface area (Å²) in [6.45, 7) is 1.96. The van der Waals surface area contributed by atoms with Crippen LogP contribution < -0.4 is 0 Å². The molecule has 0 atom stereocenters. The van der Waals surface area contributed by atoms with E-state index >= 15 is 0 Å². The van der Waals surface area contributed by atoms with Gasteiger partial charge in [0.05, 0.1) is 5.56 Å². The van der Waals surface area contributed by atoms with Crippen molar-refractivity contribution < 1.29 is 9.50 Å². The lowest BCUT2D eigenvalue weighted by atomic mass is 10.2. The topological polar surface area (TPSA) is 63.3 Å². The van der Waals surface area contributed by atoms with Gasteiger partial charge in [0.1, 0.15) is 11.6 Å². The second-order valence-corrected chi connectivity index (χ2v) is 4.69. The maximum absolute atomic E-state index is 12.9. The zero-order valence-electron chi connectivity index (χ0n) is 9.46. The molecule has 0 aliphatic rings. The van der Waals surface area contributed by atoms with Gasteiger partial charge in [0.15, 0.2) is 10.8 Å². The molecule has 0 radical (unpaired) electrons. The third-order valence-electron chi connectivity index (χ3n) is 2.56. The van der Waals surface area contributed by atoms with Crippen molar-refractivity contribution in [3.05, 3.63) is 29.8 Å². The van der Waals surface area contributed by atoms with Crippen LogP contribution in [0.2, 0.25) is 0 Å². The van der Waals surface area contributed by atoms with E-state index in [1.807, 2.05) is 6.92 Å². The van der Waals surface area contributed by atoms with Crippen LogP contribution in [0.1, 0.15) is 12.7 Å². The lowest BCUT2D eigenvalue weighted by Gasteiger charge is -1.99. The maximum atomic E-state index is 12.9. The van der Waals surface area contributed by atoms with E-state index in [2.05, 4.69) is 15.3 Å². The van der Waals surface area contributed by atoms with E-state index < -0.39 is 5.82 Å². The van der Waals surface area contributed by atoms with Crippen LogP contribution in [0.5, 0.6) is 5.75 Å². The first-order valence-electron chi connectivity index (χ1n) is 5.39. The van der Waals surface area contributed by atoms with Gasteiger partial charge in [-0.1, -0.05) is 18.3 Å². The molecular weight excluding hydrogens is 255 g/mol. The Morgan fingerprint density at radius 2 is 2.22 bits per heavy atom. The number of fused-ring (bicyclic) bond motifs is 1. The van der Waals surface area contributed by atoms with Gasteiger partial charge in [0, 0.05) is 12.5 Å². The van der Waals surface area contributed by atoms with Gasteiger partial charge in [-0.25, -0.2) is 4.39 Å². The summed E-state index contributed by atoms with van der Waals surface area (Å²) in [7, 11) is 0. The minimum atomic E-state index is -0.478. The summed E-state index contributed by atoms with van der Waals surface area (Å²) < 4.78 is 14.6. The molecule has 7 heteroatoms. The molecule has 0 aliphatic heterocycles. The zero-order valence-corrected chi connectivity index (χ0v) is 10.3. The smallest absolute Gasteiger partial charge is 0.234 e. The summed E-state index contributed by atoms with van der Waals surface area (Å²) >= 11 is 1.30. The van der Waals surface area contributed by atoms with Crippen LogP contribution in [-0.4, -0.2) is 24.9 Å². The van der Waals surface area contributed by atoms with Crippen molar-refractivity contribution in [3.8, 4) is 16.3 Å². The number of aryl methyl sites for hydroxylation is 1. The highest BCUT2D eigenvalue weighted by molar-refractivity contribution is 7.19. The maximum Gasteiger partial charge on any atom is 0.234 e. The molecule has 0 unspecified atom stereocenters. The average Bonchev–Trinajstić information content (AvgIpc) is 2.88. The van der Waals surface area contributed by atoms with Crippen LogP contribution in [0.4, 0.5) is 4.39 Å². The fraction of sp³-hybridized carbons (Fsp3) is 0.182. The first-order chi connectivity index (χ1) is 8.69. The van der Waals surface area contributed by atoms with Crippen LogP contribution in [0.25, 0.3) is 15.5 Å². The van der Waals surface area contributed by atoms with Gasteiger partial charge in [-0.15, -0.1) is 10.2 Å². The number of benzene rings is 1. The quantitative estimate of drug-likeness (QED) is 0.771. The standard InChI is InChI=1S/C11H9FN4OS/c1-2-9-13-14-11-16(9)15-10(18-11)7-4-3-6(12)5-8(7)17/h3-5,17H,2H2,1H3. The Bertz CT molecular complexity index is 721. The van der Waals surface area contributed by atoms with E-state index in [1.54, 1.807) is 4.52 Å². The van der Waals surface area contributed by atoms with Gasteiger partial charge in [-0.2, -0.15) is 9.61 Å². The molecule has 0 aliphatic carbocycles. The number of hydrogen-bond acceptors (Lipinski definition) is 5. The van der Waals surface area contributed by atoms with E-state index in [1.165, 1.54) is 23.5 Å². The molecule has 1 N–H and O–H groups in total. The summed E-state index contributed by atoms with van der Waals surface area (Å²) in [5.41, 5.74) is 0.494. The zero-order chi connectivity index (χ0) is 12.7. The van der Waals surface area contributed by atoms with Gasteiger partial charge in [-0.3, -0.25) is 0 Å². The predicted octanol–water partition coefficient (Wildman–Crippen LogP) is 2.26. The van der Waals surface area contributed by atoms with Crippen LogP contribution in [0.15, 0.2) is 18.2 Å². The Balaban J connectivity index is 2.16. The molecule has 5 nitrogen and oxygen atoms in total. The molecule has 2 aromatic heterocycles. The molecular formula is C11H9FN4OS. The van der Waals surface area contributed by atoms with Gasteiger partial charge in [-0.05, 0) is 12.1 Å². The van der Waals surface area contributed by atoms with Gasteiger partial charge >= 0.3 is 0 Å². The van der Waals surface area contributed by atoms with Crippen molar-refractivity contribution in [2.75, 3.05) is 0 Å². The molecule has 0 spiro atoms. The summed E-state index contributed by atoms with van der Waals surface area (Å²) in [4.78, 5) is 0.658. The molecule has 92 valence electrons. The number of phenolic OH excluding ortho intramolecular Hbond substituents is 1. The molecule has 3 rings (SSSR count). The van der Waals surface area contributed by atoms with E-state index in [4.69, 9.17) is 0 Å². The fourth-order valence-electron chi connectivity index (χ4n) is 1.67. The normalized spacial score (nSPS) is 11.2. The largest absolute Gasteiger partial charge is 0.507 e. The number of nitrogens with zero attached hydrogens (tertiary/aromatic N) is 4. The van der Waals surface area contributed by atoms with Crippen molar-refractivity contribution >= 4 is 16.3 Å². The Morgan fingerprint density at radius 1 is 1.39 bits per heavy atom. The highest BCUT2D eigenvalue weighted by atomic mass is 32.1. The SMILES string of the molecule is CCc1nnc2sc(-c3ccc(F)cc3O)nn12. The molecule has 2 heterocycles. The van der Waals surface area contributed by atoms with Crippen LogP contribution in [0, 0.1) is 5.82 Å². The molecule has 0 amide bonds. The molecule has 18 heavy (non-hydrogen) atoms. The molecule has 3 aromatic rings. The van der Waals surface area contributed by atoms with Crippen molar-refractivity contribution in [3.63, 3.8) is 0 Å². The minimum absolute atomic E-state index is 0.127. The summed E-state index contributed by atoms with van der Waals surface area (Å²) in [6, 6.07) is 3.86. The third-order valence-corrected chi connectivity index (χ3v) is 3.49. The van der Waals surface area contributed by atoms with Crippen molar-refractivity contribution in [2.45, 2.75) is 13.3 Å². The van der Waals surface area contributed by atoms with Crippen LogP contribution in [0.3, 0.4) is 0 Å². The summed E-state index contributed by atoms with van der Waals surface area (Å²) in [5.74, 6) is 0.153. The molecule has 0 bridgehead atoms. The van der Waals surface area contributed by atoms with Gasteiger partial charge in [0.2, 0.25) is 4.96 Å². The Hall–Kier alpha value is -2.02. The van der Waals surface area contributed by atoms with E-state index in [0.29, 0.717) is 15.5 Å². The average molecular weight is 264 g/mol. The fourth-order valence-corrected chi connectivity index (χ4v) is 2.56. The Labute approximate surface area is 106 Å². The number of phenols is 1. The lowest BCUT2D eigenvalue weighted by molar-refractivity contribution is 0.471. The van der Waals surface area contributed by atoms with E-state index in [-0.39, 0.29) is 5.75 Å². The molecule has 0 saturated carbocycles. The van der Waals surface area contributed by atoms with Crippen LogP contribution >= 0.6 is 11.3 Å². The van der Waals surface area contributed by atoms with Gasteiger partial charge < -0.3 is 5.11 Å². The van der Waals surface area contributed by atoms with Crippen molar-refractivity contribution in [1.82, 2.24) is 19.8 Å². The lowest BCUT2D eigenvalue weighted by Crippen LogP contribution is -1.93. The monoisotopic (exact) mass is 264 g/mol. The Kier molecular flexibility index (Phi) is 2.48. The Morgan fingerprint density at radius 3 is 2.94 bits per heavy atom. The van der Waals surface area contributed by atoms with Gasteiger partial charge in [0.25, 0.3) is 0 Å². The first-order valence-corrected chi connectivity index (χ1v) is 6.20. The second kappa shape index (κ2) is 4.02.